The summed E-state index contributed by atoms with van der Waals surface area (Å²) in [5.41, 5.74) is 7.53. The topological polar surface area (TPSA) is 40.8 Å². The monoisotopic (exact) mass is 911 g/mol. The van der Waals surface area contributed by atoms with Gasteiger partial charge in [-0.3, -0.25) is 13.7 Å². The number of benzene rings is 9. The number of aromatic nitrogens is 5. The lowest BCUT2D eigenvalue weighted by Crippen LogP contribution is -2.31. The van der Waals surface area contributed by atoms with E-state index >= 15 is 0 Å². The van der Waals surface area contributed by atoms with E-state index in [1.165, 1.54) is 0 Å². The molecule has 4 heterocycles. The molecule has 0 aliphatic heterocycles. The van der Waals surface area contributed by atoms with E-state index in [-0.39, 0.29) is 33.4 Å². The standard InChI is InChI=1S/C64H47N5O/c1-64(2,3)45-35-36-65-62(37-45)69-58-30-15-12-25-54(58)55-34-33-48(41-61(55)69)70-49-39-46(38-47(40-49)68-56-28-13-10-23-52(56)53-24-11-14-29-57(53)68)66-42-67(60-32-17-16-31-59(60)66)63-50(43-19-6-4-7-20-43)26-18-27-51(63)44-21-8-5-9-22-44/h4-41H,1-3H3/i4D,5D,6D,7D,8D,9D,19D,20D,21D,22D. The molecule has 0 saturated heterocycles. The fourth-order valence-electron chi connectivity index (χ4n) is 9.86. The average molecular weight is 912 g/mol. The van der Waals surface area contributed by atoms with Crippen LogP contribution in [-0.2, 0) is 5.41 Å². The smallest absolute Gasteiger partial charge is 0.269 e. The molecule has 0 aliphatic carbocycles. The summed E-state index contributed by atoms with van der Waals surface area (Å²) in [7, 11) is 0. The Kier molecular flexibility index (Phi) is 7.45. The van der Waals surface area contributed by atoms with Crippen molar-refractivity contribution in [1.82, 2.24) is 18.7 Å². The van der Waals surface area contributed by atoms with E-state index in [4.69, 9.17) is 17.9 Å². The van der Waals surface area contributed by atoms with Crippen LogP contribution in [0.5, 0.6) is 11.5 Å². The Morgan fingerprint density at radius 2 is 1.06 bits per heavy atom. The second-order valence-electron chi connectivity index (χ2n) is 18.3. The fourth-order valence-corrected chi connectivity index (χ4v) is 9.86. The Morgan fingerprint density at radius 1 is 0.500 bits per heavy atom. The second-order valence-corrected chi connectivity index (χ2v) is 18.3. The van der Waals surface area contributed by atoms with E-state index in [0.29, 0.717) is 28.2 Å². The lowest BCUT2D eigenvalue weighted by atomic mass is 9.88. The molecule has 4 aromatic heterocycles. The molecule has 0 radical (unpaired) electrons. The van der Waals surface area contributed by atoms with E-state index in [1.54, 1.807) is 22.8 Å². The number of imidazole rings is 1. The first kappa shape index (κ1) is 31.9. The molecule has 0 aliphatic rings. The molecule has 0 N–H and O–H groups in total. The van der Waals surface area contributed by atoms with Gasteiger partial charge in [0.05, 0.1) is 58.2 Å². The number of nitrogens with zero attached hydrogens (tertiary/aromatic N) is 5. The lowest BCUT2D eigenvalue weighted by molar-refractivity contribution is -0.571. The zero-order valence-electron chi connectivity index (χ0n) is 48.3. The summed E-state index contributed by atoms with van der Waals surface area (Å²) in [6, 6.07) is 47.9. The highest BCUT2D eigenvalue weighted by Crippen LogP contribution is 2.40. The molecule has 0 bridgehead atoms. The Labute approximate surface area is 420 Å². The molecular formula is C64H47N5O. The summed E-state index contributed by atoms with van der Waals surface area (Å²) in [5.74, 6) is 1.82. The van der Waals surface area contributed by atoms with Gasteiger partial charge in [-0.25, -0.2) is 4.98 Å². The fraction of sp³-hybridized carbons (Fsp3) is 0.0625. The maximum Gasteiger partial charge on any atom is 0.269 e. The molecule has 0 atom stereocenters. The van der Waals surface area contributed by atoms with E-state index in [9.17, 15) is 5.48 Å². The van der Waals surface area contributed by atoms with E-state index in [1.807, 2.05) is 102 Å². The van der Waals surface area contributed by atoms with E-state index in [2.05, 4.69) is 90.8 Å². The third-order valence-corrected chi connectivity index (χ3v) is 13.1. The molecular weight excluding hydrogens is 855 g/mol. The van der Waals surface area contributed by atoms with Crippen LogP contribution in [0.25, 0.3) is 99.8 Å². The summed E-state index contributed by atoms with van der Waals surface area (Å²) in [5, 5.41) is 4.21. The summed E-state index contributed by atoms with van der Waals surface area (Å²) < 4.78 is 104. The van der Waals surface area contributed by atoms with Crippen LogP contribution in [0.4, 0.5) is 0 Å². The predicted molar refractivity (Wildman–Crippen MR) is 286 cm³/mol. The molecule has 6 nitrogen and oxygen atoms in total. The van der Waals surface area contributed by atoms with Gasteiger partial charge >= 0.3 is 0 Å². The first-order valence-electron chi connectivity index (χ1n) is 28.0. The summed E-state index contributed by atoms with van der Waals surface area (Å²) in [6.07, 6.45) is 5.43. The summed E-state index contributed by atoms with van der Waals surface area (Å²) >= 11 is 0. The molecule has 13 aromatic rings. The van der Waals surface area contributed by atoms with E-state index < -0.39 is 60.4 Å². The molecule has 6 heteroatoms. The van der Waals surface area contributed by atoms with Crippen molar-refractivity contribution in [3.05, 3.63) is 242 Å². The molecule has 0 unspecified atom stereocenters. The molecule has 0 amide bonds. The van der Waals surface area contributed by atoms with Crippen LogP contribution in [-0.4, -0.2) is 18.7 Å². The quantitative estimate of drug-likeness (QED) is 0.113. The van der Waals surface area contributed by atoms with Crippen LogP contribution in [0, 0.1) is 6.33 Å². The van der Waals surface area contributed by atoms with Crippen LogP contribution in [0.1, 0.15) is 40.0 Å². The molecule has 0 fully saturated rings. The third kappa shape index (κ3) is 6.87. The minimum absolute atomic E-state index is 0.119. The number of ether oxygens (including phenoxy) is 1. The van der Waals surface area contributed by atoms with Gasteiger partial charge in [0, 0.05) is 45.6 Å². The molecule has 13 rings (SSSR count). The number of fused-ring (bicyclic) bond motifs is 7. The van der Waals surface area contributed by atoms with Gasteiger partial charge < -0.3 is 9.30 Å². The van der Waals surface area contributed by atoms with Crippen LogP contribution < -0.4 is 9.30 Å². The second kappa shape index (κ2) is 16.4. The highest BCUT2D eigenvalue weighted by atomic mass is 16.5. The van der Waals surface area contributed by atoms with Gasteiger partial charge in [0.25, 0.3) is 6.33 Å². The van der Waals surface area contributed by atoms with Gasteiger partial charge in [-0.2, -0.15) is 0 Å². The van der Waals surface area contributed by atoms with Crippen molar-refractivity contribution >= 4 is 54.6 Å². The van der Waals surface area contributed by atoms with Crippen LogP contribution in [0.2, 0.25) is 0 Å². The van der Waals surface area contributed by atoms with Gasteiger partial charge in [0.2, 0.25) is 0 Å². The van der Waals surface area contributed by atoms with Crippen molar-refractivity contribution in [1.29, 1.82) is 0 Å². The largest absolute Gasteiger partial charge is 0.458 e. The summed E-state index contributed by atoms with van der Waals surface area (Å²) in [4.78, 5) is 4.90. The lowest BCUT2D eigenvalue weighted by Gasteiger charge is -2.20. The third-order valence-electron chi connectivity index (χ3n) is 13.1. The van der Waals surface area contributed by atoms with Gasteiger partial charge in [-0.15, -0.1) is 0 Å². The number of pyridine rings is 1. The molecule has 334 valence electrons. The van der Waals surface area contributed by atoms with E-state index in [0.717, 1.165) is 60.7 Å². The van der Waals surface area contributed by atoms with Crippen molar-refractivity contribution in [2.45, 2.75) is 26.2 Å². The van der Waals surface area contributed by atoms with Crippen molar-refractivity contribution in [3.8, 4) is 56.6 Å². The van der Waals surface area contributed by atoms with Crippen molar-refractivity contribution < 1.29 is 23.0 Å². The van der Waals surface area contributed by atoms with Crippen LogP contribution in [0.15, 0.2) is 230 Å². The highest BCUT2D eigenvalue weighted by Gasteiger charge is 2.23. The normalized spacial score (nSPS) is 13.9. The maximum atomic E-state index is 9.20. The van der Waals surface area contributed by atoms with Gasteiger partial charge in [-0.05, 0) is 87.8 Å². The zero-order chi connectivity index (χ0) is 55.6. The predicted octanol–water partition coefficient (Wildman–Crippen LogP) is 15.7. The number of hydrogen-bond donors (Lipinski definition) is 0. The average Bonchev–Trinajstić information content (AvgIpc) is 4.16. The first-order chi connectivity index (χ1) is 38.5. The maximum absolute atomic E-state index is 9.20. The Balaban J connectivity index is 1.08. The molecule has 70 heavy (non-hydrogen) atoms. The highest BCUT2D eigenvalue weighted by molar-refractivity contribution is 6.10. The Morgan fingerprint density at radius 3 is 1.69 bits per heavy atom. The van der Waals surface area contributed by atoms with Gasteiger partial charge in [0.1, 0.15) is 17.3 Å². The van der Waals surface area contributed by atoms with Gasteiger partial charge in [0.15, 0.2) is 0 Å². The molecule has 0 spiro atoms. The molecule has 0 saturated carbocycles. The number of para-hydroxylation sites is 6. The SMILES string of the molecule is [2H]c1c([2H])c([2H])c(-c2cccc(-c3c([2H])c([2H])c([2H])c([2H])c3[2H])c2-[n+]2[c-]n(-c3cc(Oc4ccc5c6ccccc6n(-c6cc(C(C)(C)C)ccn6)c5c4)cc(-n4c5ccccc5c5ccccc54)c3)c3ccccc32)c([2H])c1[2H]. The first-order valence-corrected chi connectivity index (χ1v) is 23.0. The Bertz CT molecular complexity index is 4570. The van der Waals surface area contributed by atoms with Crippen LogP contribution in [0.3, 0.4) is 0 Å². The minimum Gasteiger partial charge on any atom is -0.458 e. The van der Waals surface area contributed by atoms with Crippen molar-refractivity contribution in [2.75, 3.05) is 0 Å². The summed E-state index contributed by atoms with van der Waals surface area (Å²) in [6.45, 7) is 6.56. The van der Waals surface area contributed by atoms with Crippen molar-refractivity contribution in [3.63, 3.8) is 0 Å². The van der Waals surface area contributed by atoms with Gasteiger partial charge in [-0.1, -0.05) is 178 Å². The number of hydrogen-bond acceptors (Lipinski definition) is 2. The van der Waals surface area contributed by atoms with Crippen molar-refractivity contribution in [2.24, 2.45) is 0 Å². The minimum atomic E-state index is -0.575. The number of rotatable bonds is 8. The van der Waals surface area contributed by atoms with Crippen LogP contribution >= 0.6 is 0 Å². The Hall–Kier alpha value is -9.00. The molecule has 9 aromatic carbocycles. The zero-order valence-corrected chi connectivity index (χ0v) is 38.3.